The van der Waals surface area contributed by atoms with Gasteiger partial charge in [0.05, 0.1) is 6.33 Å². The highest BCUT2D eigenvalue weighted by molar-refractivity contribution is 7.99. The van der Waals surface area contributed by atoms with Gasteiger partial charge in [-0.2, -0.15) is 11.8 Å². The molecule has 0 aromatic carbocycles. The number of hydrogen-bond acceptors (Lipinski definition) is 4. The summed E-state index contributed by atoms with van der Waals surface area (Å²) in [5.41, 5.74) is 7.21. The van der Waals surface area contributed by atoms with Crippen molar-refractivity contribution in [2.75, 3.05) is 37.7 Å². The second-order valence-electron chi connectivity index (χ2n) is 5.55. The molecule has 1 fully saturated rings. The molecule has 1 saturated heterocycles. The molecular weight excluding hydrogens is 256 g/mol. The Morgan fingerprint density at radius 3 is 2.68 bits per heavy atom. The maximum atomic E-state index is 5.92. The van der Waals surface area contributed by atoms with Crippen LogP contribution in [-0.4, -0.2) is 52.1 Å². The van der Waals surface area contributed by atoms with Crippen LogP contribution in [0.1, 0.15) is 25.5 Å². The SMILES string of the molecule is CC(C)C(CN)c1cncn1CCN1CCSCC1. The van der Waals surface area contributed by atoms with Crippen molar-refractivity contribution in [3.8, 4) is 0 Å². The first kappa shape index (κ1) is 14.9. The van der Waals surface area contributed by atoms with Crippen molar-refractivity contribution >= 4 is 11.8 Å². The maximum absolute atomic E-state index is 5.92. The lowest BCUT2D eigenvalue weighted by Crippen LogP contribution is -2.35. The van der Waals surface area contributed by atoms with Gasteiger partial charge in [0, 0.05) is 62.0 Å². The molecule has 0 radical (unpaired) electrons. The summed E-state index contributed by atoms with van der Waals surface area (Å²) in [4.78, 5) is 6.87. The van der Waals surface area contributed by atoms with E-state index in [2.05, 4.69) is 40.1 Å². The van der Waals surface area contributed by atoms with Crippen LogP contribution in [0.15, 0.2) is 12.5 Å². The van der Waals surface area contributed by atoms with Gasteiger partial charge in [-0.1, -0.05) is 13.8 Å². The molecule has 1 aromatic heterocycles. The van der Waals surface area contributed by atoms with E-state index in [9.17, 15) is 0 Å². The van der Waals surface area contributed by atoms with Gasteiger partial charge in [-0.05, 0) is 5.92 Å². The summed E-state index contributed by atoms with van der Waals surface area (Å²) in [5.74, 6) is 3.52. The van der Waals surface area contributed by atoms with Crippen LogP contribution in [0, 0.1) is 5.92 Å². The minimum Gasteiger partial charge on any atom is -0.333 e. The van der Waals surface area contributed by atoms with E-state index < -0.39 is 0 Å². The van der Waals surface area contributed by atoms with Crippen molar-refractivity contribution in [3.05, 3.63) is 18.2 Å². The second-order valence-corrected chi connectivity index (χ2v) is 6.78. The number of aromatic nitrogens is 2. The Morgan fingerprint density at radius 1 is 1.32 bits per heavy atom. The molecule has 0 aliphatic carbocycles. The Hall–Kier alpha value is -0.520. The molecule has 1 atom stereocenters. The lowest BCUT2D eigenvalue weighted by Gasteiger charge is -2.27. The molecule has 1 aliphatic heterocycles. The van der Waals surface area contributed by atoms with Crippen LogP contribution in [0.2, 0.25) is 0 Å². The van der Waals surface area contributed by atoms with Gasteiger partial charge in [0.2, 0.25) is 0 Å². The van der Waals surface area contributed by atoms with Gasteiger partial charge in [-0.3, -0.25) is 4.90 Å². The third kappa shape index (κ3) is 3.97. The van der Waals surface area contributed by atoms with Crippen molar-refractivity contribution in [2.45, 2.75) is 26.3 Å². The normalized spacial score (nSPS) is 18.9. The van der Waals surface area contributed by atoms with E-state index >= 15 is 0 Å². The maximum Gasteiger partial charge on any atom is 0.0948 e. The summed E-state index contributed by atoms with van der Waals surface area (Å²) in [6, 6.07) is 0. The summed E-state index contributed by atoms with van der Waals surface area (Å²) < 4.78 is 2.29. The van der Waals surface area contributed by atoms with Crippen LogP contribution in [-0.2, 0) is 6.54 Å². The zero-order valence-electron chi connectivity index (χ0n) is 12.1. The fourth-order valence-corrected chi connectivity index (χ4v) is 3.61. The summed E-state index contributed by atoms with van der Waals surface area (Å²) in [6.45, 7) is 9.76. The van der Waals surface area contributed by atoms with E-state index in [-0.39, 0.29) is 0 Å². The number of thioether (sulfide) groups is 1. The first-order valence-electron chi connectivity index (χ1n) is 7.22. The number of imidazole rings is 1. The molecule has 2 rings (SSSR count). The molecule has 0 bridgehead atoms. The molecule has 1 unspecified atom stereocenters. The first-order valence-corrected chi connectivity index (χ1v) is 8.38. The van der Waals surface area contributed by atoms with E-state index in [1.807, 2.05) is 12.5 Å². The molecule has 108 valence electrons. The lowest BCUT2D eigenvalue weighted by molar-refractivity contribution is 0.286. The standard InChI is InChI=1S/C14H26N4S/c1-12(2)13(9-15)14-10-16-11-18(14)4-3-17-5-7-19-8-6-17/h10-13H,3-9,15H2,1-2H3. The molecule has 2 heterocycles. The fraction of sp³-hybridized carbons (Fsp3) is 0.786. The van der Waals surface area contributed by atoms with Crippen LogP contribution in [0.4, 0.5) is 0 Å². The Kier molecular flexibility index (Phi) is 5.73. The van der Waals surface area contributed by atoms with Gasteiger partial charge in [0.15, 0.2) is 0 Å². The fourth-order valence-electron chi connectivity index (χ4n) is 2.63. The van der Waals surface area contributed by atoms with Gasteiger partial charge in [0.25, 0.3) is 0 Å². The summed E-state index contributed by atoms with van der Waals surface area (Å²) in [6.07, 6.45) is 3.95. The van der Waals surface area contributed by atoms with Gasteiger partial charge >= 0.3 is 0 Å². The summed E-state index contributed by atoms with van der Waals surface area (Å²) in [5, 5.41) is 0. The van der Waals surface area contributed by atoms with E-state index in [0.717, 1.165) is 13.1 Å². The van der Waals surface area contributed by atoms with Gasteiger partial charge < -0.3 is 10.3 Å². The Morgan fingerprint density at radius 2 is 2.05 bits per heavy atom. The predicted molar refractivity (Wildman–Crippen MR) is 82.6 cm³/mol. The van der Waals surface area contributed by atoms with Crippen molar-refractivity contribution < 1.29 is 0 Å². The predicted octanol–water partition coefficient (Wildman–Crippen LogP) is 1.63. The lowest BCUT2D eigenvalue weighted by atomic mass is 9.93. The Bertz CT molecular complexity index is 371. The smallest absolute Gasteiger partial charge is 0.0948 e. The molecule has 0 spiro atoms. The van der Waals surface area contributed by atoms with Crippen molar-refractivity contribution in [3.63, 3.8) is 0 Å². The summed E-state index contributed by atoms with van der Waals surface area (Å²) in [7, 11) is 0. The largest absolute Gasteiger partial charge is 0.333 e. The van der Waals surface area contributed by atoms with Crippen LogP contribution in [0.3, 0.4) is 0 Å². The molecule has 0 saturated carbocycles. The van der Waals surface area contributed by atoms with E-state index in [0.29, 0.717) is 18.4 Å². The molecule has 5 heteroatoms. The quantitative estimate of drug-likeness (QED) is 0.861. The minimum absolute atomic E-state index is 0.416. The van der Waals surface area contributed by atoms with E-state index in [1.165, 1.54) is 30.3 Å². The second kappa shape index (κ2) is 7.31. The third-order valence-electron chi connectivity index (χ3n) is 3.94. The topological polar surface area (TPSA) is 47.1 Å². The Labute approximate surface area is 120 Å². The highest BCUT2D eigenvalue weighted by Crippen LogP contribution is 2.23. The number of nitrogens with two attached hydrogens (primary N) is 1. The van der Waals surface area contributed by atoms with Crippen LogP contribution in [0.5, 0.6) is 0 Å². The zero-order valence-corrected chi connectivity index (χ0v) is 12.9. The summed E-state index contributed by atoms with van der Waals surface area (Å²) >= 11 is 2.06. The molecule has 1 aromatic rings. The van der Waals surface area contributed by atoms with Crippen molar-refractivity contribution in [1.29, 1.82) is 0 Å². The van der Waals surface area contributed by atoms with Gasteiger partial charge in [-0.25, -0.2) is 4.98 Å². The Balaban J connectivity index is 1.94. The molecule has 4 nitrogen and oxygen atoms in total. The minimum atomic E-state index is 0.416. The average Bonchev–Trinajstić information content (AvgIpc) is 2.86. The molecule has 1 aliphatic rings. The number of nitrogens with zero attached hydrogens (tertiary/aromatic N) is 3. The average molecular weight is 282 g/mol. The monoisotopic (exact) mass is 282 g/mol. The molecular formula is C14H26N4S. The molecule has 0 amide bonds. The number of rotatable bonds is 6. The highest BCUT2D eigenvalue weighted by atomic mass is 32.2. The highest BCUT2D eigenvalue weighted by Gasteiger charge is 2.18. The van der Waals surface area contributed by atoms with E-state index in [1.54, 1.807) is 0 Å². The van der Waals surface area contributed by atoms with E-state index in [4.69, 9.17) is 5.73 Å². The molecule has 19 heavy (non-hydrogen) atoms. The van der Waals surface area contributed by atoms with Crippen LogP contribution >= 0.6 is 11.8 Å². The zero-order chi connectivity index (χ0) is 13.7. The number of hydrogen-bond donors (Lipinski definition) is 1. The van der Waals surface area contributed by atoms with Crippen molar-refractivity contribution in [2.24, 2.45) is 11.7 Å². The molecule has 2 N–H and O–H groups in total. The van der Waals surface area contributed by atoms with Crippen molar-refractivity contribution in [1.82, 2.24) is 14.5 Å². The van der Waals surface area contributed by atoms with Crippen LogP contribution < -0.4 is 5.73 Å². The van der Waals surface area contributed by atoms with Gasteiger partial charge in [-0.15, -0.1) is 0 Å². The van der Waals surface area contributed by atoms with Crippen LogP contribution in [0.25, 0.3) is 0 Å². The first-order chi connectivity index (χ1) is 9.22. The third-order valence-corrected chi connectivity index (χ3v) is 4.89. The van der Waals surface area contributed by atoms with Gasteiger partial charge in [0.1, 0.15) is 0 Å².